The van der Waals surface area contributed by atoms with E-state index in [4.69, 9.17) is 0 Å². The molecule has 17 heavy (non-hydrogen) atoms. The minimum absolute atomic E-state index is 0.0222. The predicted molar refractivity (Wildman–Crippen MR) is 66.9 cm³/mol. The Kier molecular flexibility index (Phi) is 2.40. The molecule has 0 saturated carbocycles. The Bertz CT molecular complexity index is 540. The third-order valence-electron chi connectivity index (χ3n) is 2.89. The van der Waals surface area contributed by atoms with Crippen LogP contribution in [0.5, 0.6) is 0 Å². The van der Waals surface area contributed by atoms with Crippen LogP contribution in [0, 0.1) is 0 Å². The van der Waals surface area contributed by atoms with E-state index in [9.17, 15) is 4.79 Å². The van der Waals surface area contributed by atoms with Gasteiger partial charge in [0.2, 0.25) is 0 Å². The molecule has 5 heteroatoms. The number of guanidine groups is 1. The van der Waals surface area contributed by atoms with Crippen LogP contribution in [0.25, 0.3) is 0 Å². The normalized spacial score (nSPS) is 26.4. The van der Waals surface area contributed by atoms with Gasteiger partial charge in [-0.05, 0) is 0 Å². The first-order valence-electron chi connectivity index (χ1n) is 5.43. The van der Waals surface area contributed by atoms with Crippen LogP contribution in [-0.2, 0) is 0 Å². The van der Waals surface area contributed by atoms with Gasteiger partial charge in [0.1, 0.15) is 0 Å². The van der Waals surface area contributed by atoms with Gasteiger partial charge in [0.15, 0.2) is 0 Å². The second-order valence-corrected chi connectivity index (χ2v) is 6.38. The van der Waals surface area contributed by atoms with E-state index in [2.05, 4.69) is 16.9 Å². The van der Waals surface area contributed by atoms with Crippen molar-refractivity contribution in [3.8, 4) is 0 Å². The van der Waals surface area contributed by atoms with Crippen molar-refractivity contribution in [2.75, 3.05) is 13.1 Å². The monoisotopic (exact) mass is 294 g/mol. The van der Waals surface area contributed by atoms with Gasteiger partial charge in [-0.1, -0.05) is 0 Å². The summed E-state index contributed by atoms with van der Waals surface area (Å²) in [6, 6.07) is 7.78. The van der Waals surface area contributed by atoms with Crippen molar-refractivity contribution < 1.29 is 8.29 Å². The van der Waals surface area contributed by atoms with Gasteiger partial charge in [-0.25, -0.2) is 0 Å². The first-order chi connectivity index (χ1) is 8.28. The number of aliphatic imine (C=N–C) groups is 1. The Morgan fingerprint density at radius 3 is 2.94 bits per heavy atom. The third-order valence-corrected chi connectivity index (χ3v) is 5.68. The van der Waals surface area contributed by atoms with E-state index in [-0.39, 0.29) is 24.6 Å². The fourth-order valence-electron chi connectivity index (χ4n) is 2.05. The Morgan fingerprint density at radius 2 is 2.29 bits per heavy atom. The summed E-state index contributed by atoms with van der Waals surface area (Å²) in [5.74, 6) is 0.838. The van der Waals surface area contributed by atoms with E-state index < -0.39 is 0 Å². The van der Waals surface area contributed by atoms with Crippen molar-refractivity contribution in [2.24, 2.45) is 4.99 Å². The number of quaternary nitrogens is 1. The maximum absolute atomic E-state index is 12.5. The summed E-state index contributed by atoms with van der Waals surface area (Å²) < 4.78 is 1.29. The molecule has 1 aromatic carbocycles. The van der Waals surface area contributed by atoms with Gasteiger partial charge in [-0.15, -0.1) is 0 Å². The Balaban J connectivity index is 2.11. The van der Waals surface area contributed by atoms with E-state index in [1.807, 2.05) is 24.3 Å². The summed E-state index contributed by atoms with van der Waals surface area (Å²) in [6.45, 7) is 5.39. The number of amides is 1. The van der Waals surface area contributed by atoms with Crippen molar-refractivity contribution in [1.29, 1.82) is 0 Å². The first-order valence-corrected chi connectivity index (χ1v) is 7.05. The van der Waals surface area contributed by atoms with E-state index in [0.29, 0.717) is 0 Å². The van der Waals surface area contributed by atoms with Crippen molar-refractivity contribution in [3.05, 3.63) is 42.6 Å². The molecule has 1 aromatic rings. The quantitative estimate of drug-likeness (QED) is 0.741. The van der Waals surface area contributed by atoms with Crippen LogP contribution in [0.2, 0.25) is 0 Å². The standard InChI is InChI=1S/C12H12N3OSe/c1-2-15(12-13-7-8-14-12)11(16)9-5-3-4-6-10(9)17-15/h2-6H,1,7-8H2,(H,13,14)/q+1. The summed E-state index contributed by atoms with van der Waals surface area (Å²) in [5, 5.41) is 3.20. The van der Waals surface area contributed by atoms with Gasteiger partial charge in [0, 0.05) is 0 Å². The van der Waals surface area contributed by atoms with Crippen LogP contribution in [0.1, 0.15) is 10.4 Å². The first kappa shape index (κ1) is 10.7. The average molecular weight is 293 g/mol. The van der Waals surface area contributed by atoms with E-state index in [1.165, 1.54) is 0 Å². The summed E-state index contributed by atoms with van der Waals surface area (Å²) in [6.07, 6.45) is 1.71. The second kappa shape index (κ2) is 3.81. The van der Waals surface area contributed by atoms with Crippen molar-refractivity contribution in [1.82, 2.24) is 5.32 Å². The number of hydrogen-bond donors (Lipinski definition) is 1. The molecule has 1 N–H and O–H groups in total. The number of hydrogen-bond acceptors (Lipinski definition) is 3. The SMILES string of the molecule is C=C[N+]1(C2=NCCN2)[Se]c2ccccc2C1=O. The minimum atomic E-state index is -0.0222. The molecular formula is C12H12N3OSe+. The van der Waals surface area contributed by atoms with E-state index >= 15 is 0 Å². The molecule has 3 rings (SSSR count). The number of carbonyl (C=O) groups is 1. The van der Waals surface area contributed by atoms with Crippen LogP contribution in [0.3, 0.4) is 0 Å². The number of nitrogens with zero attached hydrogens (tertiary/aromatic N) is 2. The molecule has 2 aliphatic rings. The molecule has 0 saturated heterocycles. The molecular weight excluding hydrogens is 281 g/mol. The van der Waals surface area contributed by atoms with Gasteiger partial charge in [-0.3, -0.25) is 0 Å². The topological polar surface area (TPSA) is 41.5 Å². The molecule has 0 bridgehead atoms. The van der Waals surface area contributed by atoms with Crippen LogP contribution in [0.4, 0.5) is 0 Å². The summed E-state index contributed by atoms with van der Waals surface area (Å²) in [7, 11) is 0. The van der Waals surface area contributed by atoms with Crippen molar-refractivity contribution in [3.63, 3.8) is 0 Å². The average Bonchev–Trinajstić information content (AvgIpc) is 2.97. The Labute approximate surface area is 106 Å². The van der Waals surface area contributed by atoms with Crippen molar-refractivity contribution >= 4 is 31.5 Å². The fourth-order valence-corrected chi connectivity index (χ4v) is 4.50. The maximum atomic E-state index is 12.5. The molecule has 1 amide bonds. The predicted octanol–water partition coefficient (Wildman–Crippen LogP) is 0.00440. The fraction of sp³-hybridized carbons (Fsp3) is 0.167. The zero-order valence-corrected chi connectivity index (χ0v) is 10.9. The molecule has 0 aromatic heterocycles. The van der Waals surface area contributed by atoms with Gasteiger partial charge >= 0.3 is 106 Å². The summed E-state index contributed by atoms with van der Waals surface area (Å²) in [5.41, 5.74) is 0.809. The van der Waals surface area contributed by atoms with Crippen molar-refractivity contribution in [2.45, 2.75) is 0 Å². The molecule has 2 aliphatic heterocycles. The number of carbonyl (C=O) groups excluding carboxylic acids is 1. The molecule has 0 radical (unpaired) electrons. The molecule has 4 nitrogen and oxygen atoms in total. The zero-order valence-electron chi connectivity index (χ0n) is 9.22. The Hall–Kier alpha value is -1.42. The van der Waals surface area contributed by atoms with Gasteiger partial charge < -0.3 is 0 Å². The van der Waals surface area contributed by atoms with Crippen LogP contribution >= 0.6 is 0 Å². The second-order valence-electron chi connectivity index (χ2n) is 3.87. The zero-order chi connectivity index (χ0) is 11.9. The molecule has 0 spiro atoms. The molecule has 2 heterocycles. The molecule has 0 fully saturated rings. The van der Waals surface area contributed by atoms with Gasteiger partial charge in [0.25, 0.3) is 0 Å². The van der Waals surface area contributed by atoms with Gasteiger partial charge in [0.05, 0.1) is 0 Å². The van der Waals surface area contributed by atoms with Gasteiger partial charge in [-0.2, -0.15) is 0 Å². The van der Waals surface area contributed by atoms with Crippen LogP contribution in [0.15, 0.2) is 42.0 Å². The number of fused-ring (bicyclic) bond motifs is 1. The van der Waals surface area contributed by atoms with Crippen LogP contribution in [-0.4, -0.2) is 43.6 Å². The van der Waals surface area contributed by atoms with E-state index in [1.54, 1.807) is 6.20 Å². The molecule has 1 unspecified atom stereocenters. The van der Waals surface area contributed by atoms with E-state index in [0.717, 1.165) is 29.1 Å². The summed E-state index contributed by atoms with van der Waals surface area (Å²) >= 11 is -0.0222. The third kappa shape index (κ3) is 1.40. The summed E-state index contributed by atoms with van der Waals surface area (Å²) in [4.78, 5) is 16.9. The molecule has 86 valence electrons. The van der Waals surface area contributed by atoms with Crippen LogP contribution < -0.4 is 9.78 Å². The Morgan fingerprint density at radius 1 is 1.47 bits per heavy atom. The number of nitrogens with one attached hydrogen (secondary N) is 1. The number of rotatable bonds is 1. The molecule has 0 aliphatic carbocycles. The molecule has 1 atom stereocenters. The number of benzene rings is 1.